The topological polar surface area (TPSA) is 0 Å². The molecule has 0 amide bonds. The number of hydrogen-bond acceptors (Lipinski definition) is 0. The van der Waals surface area contributed by atoms with Crippen molar-refractivity contribution in [1.82, 2.24) is 0 Å². The normalized spacial score (nSPS) is 9.85. The molecule has 2 aromatic carbocycles. The maximum atomic E-state index is 2.17. The molecule has 0 heterocycles. The predicted octanol–water partition coefficient (Wildman–Crippen LogP) is 1.34. The van der Waals surface area contributed by atoms with Crippen molar-refractivity contribution < 1.29 is 0 Å². The van der Waals surface area contributed by atoms with Gasteiger partial charge < -0.3 is 0 Å². The summed E-state index contributed by atoms with van der Waals surface area (Å²) >= 11 is 0. The molecule has 0 spiro atoms. The van der Waals surface area contributed by atoms with Crippen molar-refractivity contribution >= 4 is 18.2 Å². The Morgan fingerprint density at radius 1 is 0.538 bits per heavy atom. The fourth-order valence-electron chi connectivity index (χ4n) is 1.29. The van der Waals surface area contributed by atoms with E-state index in [1.807, 2.05) is 12.1 Å². The van der Waals surface area contributed by atoms with Crippen LogP contribution in [0.15, 0.2) is 60.7 Å². The molecule has 0 fully saturated rings. The Kier molecular flexibility index (Phi) is 2.47. The second kappa shape index (κ2) is 3.95. The fraction of sp³-hybridized carbons (Fsp3) is 0. The summed E-state index contributed by atoms with van der Waals surface area (Å²) in [7, 11) is 2.17. The number of hydrogen-bond donors (Lipinski definition) is 0. The van der Waals surface area contributed by atoms with Gasteiger partial charge in [-0.15, -0.1) is 24.3 Å². The van der Waals surface area contributed by atoms with Crippen LogP contribution in [-0.2, 0) is 0 Å². The molecule has 13 heavy (non-hydrogen) atoms. The Hall–Kier alpha value is -1.50. The largest absolute Gasteiger partial charge is 0.275 e. The lowest BCUT2D eigenvalue weighted by Gasteiger charge is -2.16. The van der Waals surface area contributed by atoms with Crippen LogP contribution in [-0.4, -0.2) is 7.28 Å². The van der Waals surface area contributed by atoms with Gasteiger partial charge in [0.15, 0.2) is 0 Å². The Balaban J connectivity index is 2.16. The van der Waals surface area contributed by atoms with E-state index in [9.17, 15) is 0 Å². The van der Waals surface area contributed by atoms with Crippen molar-refractivity contribution in [3.63, 3.8) is 0 Å². The van der Waals surface area contributed by atoms with Crippen LogP contribution < -0.4 is 10.9 Å². The molecule has 0 aliphatic rings. The van der Waals surface area contributed by atoms with Gasteiger partial charge in [0.25, 0.3) is 0 Å². The first-order valence-corrected chi connectivity index (χ1v) is 4.40. The molecule has 0 aliphatic carbocycles. The molecule has 0 saturated carbocycles. The van der Waals surface area contributed by atoms with Crippen molar-refractivity contribution in [2.24, 2.45) is 0 Å². The first-order chi connectivity index (χ1) is 6.45. The van der Waals surface area contributed by atoms with E-state index in [1.54, 1.807) is 0 Å². The van der Waals surface area contributed by atoms with Crippen molar-refractivity contribution in [3.8, 4) is 0 Å². The minimum absolute atomic E-state index is 1.24. The van der Waals surface area contributed by atoms with Crippen LogP contribution in [0.2, 0.25) is 0 Å². The third-order valence-corrected chi connectivity index (χ3v) is 1.93. The summed E-state index contributed by atoms with van der Waals surface area (Å²) in [6, 6.07) is 20.7. The molecular weight excluding hydrogens is 155 g/mol. The van der Waals surface area contributed by atoms with E-state index in [2.05, 4.69) is 55.8 Å². The lowest BCUT2D eigenvalue weighted by atomic mass is 9.64. The summed E-state index contributed by atoms with van der Waals surface area (Å²) in [5, 5.41) is 0. The van der Waals surface area contributed by atoms with Crippen molar-refractivity contribution in [2.75, 3.05) is 0 Å². The molecular formula is C12H10B-. The summed E-state index contributed by atoms with van der Waals surface area (Å²) in [6.45, 7) is 0. The van der Waals surface area contributed by atoms with E-state index in [-0.39, 0.29) is 0 Å². The van der Waals surface area contributed by atoms with Crippen molar-refractivity contribution in [2.45, 2.75) is 0 Å². The van der Waals surface area contributed by atoms with Crippen molar-refractivity contribution in [3.05, 3.63) is 60.7 Å². The van der Waals surface area contributed by atoms with Gasteiger partial charge in [-0.2, -0.15) is 0 Å². The SMILES string of the molecule is [B-](c1ccccc1)c1ccccc1. The van der Waals surface area contributed by atoms with E-state index in [1.165, 1.54) is 10.9 Å². The zero-order valence-electron chi connectivity index (χ0n) is 7.35. The Bertz CT molecular complexity index is 316. The lowest BCUT2D eigenvalue weighted by Crippen LogP contribution is -2.26. The number of rotatable bonds is 2. The molecule has 0 aromatic heterocycles. The first-order valence-electron chi connectivity index (χ1n) is 4.40. The Morgan fingerprint density at radius 2 is 0.923 bits per heavy atom. The first kappa shape index (κ1) is 8.12. The highest BCUT2D eigenvalue weighted by Gasteiger charge is 1.78. The highest BCUT2D eigenvalue weighted by atomic mass is 13.8. The van der Waals surface area contributed by atoms with Crippen molar-refractivity contribution in [1.29, 1.82) is 0 Å². The molecule has 0 unspecified atom stereocenters. The molecule has 2 rings (SSSR count). The summed E-state index contributed by atoms with van der Waals surface area (Å²) in [6.07, 6.45) is 0. The van der Waals surface area contributed by atoms with Gasteiger partial charge in [-0.1, -0.05) is 36.4 Å². The predicted molar refractivity (Wildman–Crippen MR) is 57.9 cm³/mol. The maximum Gasteiger partial charge on any atom is -0.0625 e. The van der Waals surface area contributed by atoms with Gasteiger partial charge in [0, 0.05) is 0 Å². The maximum absolute atomic E-state index is 2.17. The van der Waals surface area contributed by atoms with Gasteiger partial charge in [0.2, 0.25) is 0 Å². The minimum atomic E-state index is 1.24. The van der Waals surface area contributed by atoms with Gasteiger partial charge in [0.05, 0.1) is 0 Å². The highest BCUT2D eigenvalue weighted by Crippen LogP contribution is 1.84. The van der Waals surface area contributed by atoms with Crippen LogP contribution >= 0.6 is 0 Å². The second-order valence-electron chi connectivity index (χ2n) is 2.97. The molecule has 0 aliphatic heterocycles. The Labute approximate surface area is 79.5 Å². The third-order valence-electron chi connectivity index (χ3n) is 1.93. The van der Waals surface area contributed by atoms with Gasteiger partial charge in [-0.05, 0) is 0 Å². The molecule has 0 N–H and O–H groups in total. The van der Waals surface area contributed by atoms with E-state index in [0.29, 0.717) is 0 Å². The van der Waals surface area contributed by atoms with E-state index in [4.69, 9.17) is 0 Å². The molecule has 0 saturated heterocycles. The van der Waals surface area contributed by atoms with Gasteiger partial charge in [0.1, 0.15) is 0 Å². The highest BCUT2D eigenvalue weighted by molar-refractivity contribution is 6.67. The standard InChI is InChI=1S/C12H10B/c1-3-7-11(8-4-1)13-12-9-5-2-6-10-12/h1-10H/q-1. The summed E-state index contributed by atoms with van der Waals surface area (Å²) in [5.41, 5.74) is 2.49. The molecule has 0 atom stereocenters. The van der Waals surface area contributed by atoms with E-state index in [0.717, 1.165) is 0 Å². The minimum Gasteiger partial charge on any atom is -0.275 e. The summed E-state index contributed by atoms with van der Waals surface area (Å²) in [4.78, 5) is 0. The van der Waals surface area contributed by atoms with Crippen LogP contribution in [0.4, 0.5) is 0 Å². The van der Waals surface area contributed by atoms with E-state index >= 15 is 0 Å². The molecule has 62 valence electrons. The fourth-order valence-corrected chi connectivity index (χ4v) is 1.29. The molecule has 0 bridgehead atoms. The average Bonchev–Trinajstić information content (AvgIpc) is 2.21. The Morgan fingerprint density at radius 3 is 1.31 bits per heavy atom. The lowest BCUT2D eigenvalue weighted by molar-refractivity contribution is 1.75. The monoisotopic (exact) mass is 165 g/mol. The zero-order chi connectivity index (χ0) is 8.93. The van der Waals surface area contributed by atoms with E-state index < -0.39 is 0 Å². The van der Waals surface area contributed by atoms with Gasteiger partial charge in [-0.3, -0.25) is 18.2 Å². The van der Waals surface area contributed by atoms with Crippen LogP contribution in [0.5, 0.6) is 0 Å². The third kappa shape index (κ3) is 2.22. The smallest absolute Gasteiger partial charge is 0.0625 e. The summed E-state index contributed by atoms with van der Waals surface area (Å²) < 4.78 is 0. The summed E-state index contributed by atoms with van der Waals surface area (Å²) in [5.74, 6) is 0. The van der Waals surface area contributed by atoms with Crippen LogP contribution in [0.25, 0.3) is 0 Å². The molecule has 0 nitrogen and oxygen atoms in total. The van der Waals surface area contributed by atoms with Gasteiger partial charge >= 0.3 is 0 Å². The molecule has 1 heteroatoms. The number of benzene rings is 2. The second-order valence-corrected chi connectivity index (χ2v) is 2.97. The molecule has 2 aromatic rings. The average molecular weight is 165 g/mol. The van der Waals surface area contributed by atoms with Crippen LogP contribution in [0.1, 0.15) is 0 Å². The van der Waals surface area contributed by atoms with Gasteiger partial charge in [-0.25, -0.2) is 0 Å². The van der Waals surface area contributed by atoms with Crippen LogP contribution in [0, 0.1) is 0 Å². The quantitative estimate of drug-likeness (QED) is 0.589. The van der Waals surface area contributed by atoms with Crippen LogP contribution in [0.3, 0.4) is 0 Å². The zero-order valence-corrected chi connectivity index (χ0v) is 7.35. The molecule has 2 radical (unpaired) electrons.